The van der Waals surface area contributed by atoms with Crippen molar-refractivity contribution in [3.8, 4) is 11.5 Å². The second kappa shape index (κ2) is 8.77. The SMILES string of the molecule is CCOc1ccc(N2CC(NC(=O)COc3ccc(Cl)cc3)CC2=O)cc1. The third kappa shape index (κ3) is 5.14. The zero-order valence-corrected chi connectivity index (χ0v) is 15.7. The maximum Gasteiger partial charge on any atom is 0.258 e. The van der Waals surface area contributed by atoms with Gasteiger partial charge in [-0.1, -0.05) is 11.6 Å². The van der Waals surface area contributed by atoms with Gasteiger partial charge >= 0.3 is 0 Å². The summed E-state index contributed by atoms with van der Waals surface area (Å²) >= 11 is 5.81. The Morgan fingerprint density at radius 3 is 2.41 bits per heavy atom. The summed E-state index contributed by atoms with van der Waals surface area (Å²) in [5.74, 6) is 1.03. The first-order valence-electron chi connectivity index (χ1n) is 8.76. The number of ether oxygens (including phenoxy) is 2. The molecule has 0 bridgehead atoms. The second-order valence-electron chi connectivity index (χ2n) is 6.14. The molecule has 0 aliphatic carbocycles. The van der Waals surface area contributed by atoms with Crippen molar-refractivity contribution in [2.75, 3.05) is 24.7 Å². The van der Waals surface area contributed by atoms with Gasteiger partial charge in [0.2, 0.25) is 5.91 Å². The average molecular weight is 389 g/mol. The molecule has 0 radical (unpaired) electrons. The summed E-state index contributed by atoms with van der Waals surface area (Å²) in [5, 5.41) is 3.45. The molecule has 1 atom stereocenters. The van der Waals surface area contributed by atoms with Gasteiger partial charge in [0.1, 0.15) is 11.5 Å². The summed E-state index contributed by atoms with van der Waals surface area (Å²) in [5.41, 5.74) is 0.789. The predicted molar refractivity (Wildman–Crippen MR) is 103 cm³/mol. The first-order chi connectivity index (χ1) is 13.0. The molecular formula is C20H21ClN2O4. The first kappa shape index (κ1) is 19.0. The van der Waals surface area contributed by atoms with Crippen LogP contribution in [0.4, 0.5) is 5.69 Å². The monoisotopic (exact) mass is 388 g/mol. The summed E-state index contributed by atoms with van der Waals surface area (Å²) in [6.07, 6.45) is 0.264. The molecule has 2 amide bonds. The molecule has 3 rings (SSSR count). The minimum Gasteiger partial charge on any atom is -0.494 e. The number of carbonyl (C=O) groups excluding carboxylic acids is 2. The topological polar surface area (TPSA) is 67.9 Å². The number of hydrogen-bond acceptors (Lipinski definition) is 4. The van der Waals surface area contributed by atoms with E-state index >= 15 is 0 Å². The van der Waals surface area contributed by atoms with E-state index in [1.807, 2.05) is 31.2 Å². The number of benzene rings is 2. The number of amides is 2. The summed E-state index contributed by atoms with van der Waals surface area (Å²) in [4.78, 5) is 26.1. The largest absolute Gasteiger partial charge is 0.494 e. The Balaban J connectivity index is 1.50. The van der Waals surface area contributed by atoms with Gasteiger partial charge in [0.15, 0.2) is 6.61 Å². The zero-order chi connectivity index (χ0) is 19.2. The van der Waals surface area contributed by atoms with Gasteiger partial charge in [-0.15, -0.1) is 0 Å². The maximum absolute atomic E-state index is 12.3. The van der Waals surface area contributed by atoms with E-state index in [-0.39, 0.29) is 30.9 Å². The third-order valence-electron chi connectivity index (χ3n) is 4.13. The Bertz CT molecular complexity index is 793. The number of anilines is 1. The molecule has 0 saturated carbocycles. The van der Waals surface area contributed by atoms with Crippen LogP contribution in [0.15, 0.2) is 48.5 Å². The van der Waals surface area contributed by atoms with Crippen LogP contribution in [0.1, 0.15) is 13.3 Å². The number of nitrogens with zero attached hydrogens (tertiary/aromatic N) is 1. The van der Waals surface area contributed by atoms with E-state index < -0.39 is 0 Å². The van der Waals surface area contributed by atoms with Gasteiger partial charge in [0, 0.05) is 23.7 Å². The number of hydrogen-bond donors (Lipinski definition) is 1. The van der Waals surface area contributed by atoms with Crippen molar-refractivity contribution in [3.05, 3.63) is 53.6 Å². The van der Waals surface area contributed by atoms with Crippen LogP contribution in [-0.2, 0) is 9.59 Å². The number of nitrogens with one attached hydrogen (secondary N) is 1. The molecule has 1 aliphatic heterocycles. The van der Waals surface area contributed by atoms with Crippen LogP contribution < -0.4 is 19.7 Å². The van der Waals surface area contributed by atoms with E-state index in [0.717, 1.165) is 11.4 Å². The number of rotatable bonds is 7. The van der Waals surface area contributed by atoms with Gasteiger partial charge in [-0.05, 0) is 55.5 Å². The van der Waals surface area contributed by atoms with Gasteiger partial charge in [-0.2, -0.15) is 0 Å². The smallest absolute Gasteiger partial charge is 0.258 e. The zero-order valence-electron chi connectivity index (χ0n) is 15.0. The fourth-order valence-corrected chi connectivity index (χ4v) is 3.02. The van der Waals surface area contributed by atoms with E-state index in [1.54, 1.807) is 29.2 Å². The van der Waals surface area contributed by atoms with Crippen molar-refractivity contribution in [2.24, 2.45) is 0 Å². The van der Waals surface area contributed by atoms with E-state index in [9.17, 15) is 9.59 Å². The summed E-state index contributed by atoms with van der Waals surface area (Å²) in [6.45, 7) is 2.82. The highest BCUT2D eigenvalue weighted by atomic mass is 35.5. The Kier molecular flexibility index (Phi) is 6.19. The highest BCUT2D eigenvalue weighted by Crippen LogP contribution is 2.24. The lowest BCUT2D eigenvalue weighted by molar-refractivity contribution is -0.123. The molecule has 0 spiro atoms. The number of carbonyl (C=O) groups is 2. The molecule has 6 nitrogen and oxygen atoms in total. The molecule has 27 heavy (non-hydrogen) atoms. The predicted octanol–water partition coefficient (Wildman–Crippen LogP) is 3.04. The standard InChI is InChI=1S/C20H21ClN2O4/c1-2-26-17-9-5-16(6-10-17)23-12-15(11-20(23)25)22-19(24)13-27-18-7-3-14(21)4-8-18/h3-10,15H,2,11-13H2,1H3,(H,22,24). The summed E-state index contributed by atoms with van der Waals surface area (Å²) < 4.78 is 10.8. The van der Waals surface area contributed by atoms with Crippen LogP contribution in [0.25, 0.3) is 0 Å². The van der Waals surface area contributed by atoms with Gasteiger partial charge in [0.25, 0.3) is 5.91 Å². The molecule has 0 aromatic heterocycles. The summed E-state index contributed by atoms with van der Waals surface area (Å²) in [6, 6.07) is 13.9. The van der Waals surface area contributed by atoms with Crippen LogP contribution in [-0.4, -0.2) is 37.6 Å². The highest BCUT2D eigenvalue weighted by molar-refractivity contribution is 6.30. The lowest BCUT2D eigenvalue weighted by Gasteiger charge is -2.18. The Morgan fingerprint density at radius 2 is 1.74 bits per heavy atom. The Hall–Kier alpha value is -2.73. The first-order valence-corrected chi connectivity index (χ1v) is 9.14. The van der Waals surface area contributed by atoms with Gasteiger partial charge in [-0.25, -0.2) is 0 Å². The molecule has 2 aromatic rings. The third-order valence-corrected chi connectivity index (χ3v) is 4.39. The van der Waals surface area contributed by atoms with Crippen molar-refractivity contribution in [1.82, 2.24) is 5.32 Å². The molecular weight excluding hydrogens is 368 g/mol. The van der Waals surface area contributed by atoms with Crippen LogP contribution in [0, 0.1) is 0 Å². The van der Waals surface area contributed by atoms with Crippen LogP contribution in [0.2, 0.25) is 5.02 Å². The van der Waals surface area contributed by atoms with Crippen LogP contribution >= 0.6 is 11.6 Å². The highest BCUT2D eigenvalue weighted by Gasteiger charge is 2.31. The molecule has 1 unspecified atom stereocenters. The molecule has 142 valence electrons. The average Bonchev–Trinajstić information content (AvgIpc) is 3.02. The summed E-state index contributed by atoms with van der Waals surface area (Å²) in [7, 11) is 0. The van der Waals surface area contributed by atoms with E-state index in [0.29, 0.717) is 23.9 Å². The van der Waals surface area contributed by atoms with Crippen molar-refractivity contribution < 1.29 is 19.1 Å². The quantitative estimate of drug-likeness (QED) is 0.791. The molecule has 2 aromatic carbocycles. The van der Waals surface area contributed by atoms with E-state index in [2.05, 4.69) is 5.32 Å². The minimum absolute atomic E-state index is 0.0249. The van der Waals surface area contributed by atoms with Crippen molar-refractivity contribution in [2.45, 2.75) is 19.4 Å². The van der Waals surface area contributed by atoms with Crippen LogP contribution in [0.3, 0.4) is 0 Å². The molecule has 1 saturated heterocycles. The van der Waals surface area contributed by atoms with E-state index in [4.69, 9.17) is 21.1 Å². The normalized spacial score (nSPS) is 16.3. The second-order valence-corrected chi connectivity index (χ2v) is 6.58. The molecule has 7 heteroatoms. The minimum atomic E-state index is -0.267. The Labute approximate surface area is 163 Å². The lowest BCUT2D eigenvalue weighted by atomic mass is 10.2. The number of halogens is 1. The molecule has 1 aliphatic rings. The van der Waals surface area contributed by atoms with Crippen LogP contribution in [0.5, 0.6) is 11.5 Å². The molecule has 1 heterocycles. The van der Waals surface area contributed by atoms with Crippen molar-refractivity contribution in [3.63, 3.8) is 0 Å². The van der Waals surface area contributed by atoms with Gasteiger partial charge in [0.05, 0.1) is 12.6 Å². The van der Waals surface area contributed by atoms with Gasteiger partial charge in [-0.3, -0.25) is 9.59 Å². The lowest BCUT2D eigenvalue weighted by Crippen LogP contribution is -2.39. The Morgan fingerprint density at radius 1 is 1.11 bits per heavy atom. The van der Waals surface area contributed by atoms with Gasteiger partial charge < -0.3 is 19.7 Å². The van der Waals surface area contributed by atoms with Crippen molar-refractivity contribution in [1.29, 1.82) is 0 Å². The fourth-order valence-electron chi connectivity index (χ4n) is 2.89. The fraction of sp³-hybridized carbons (Fsp3) is 0.300. The maximum atomic E-state index is 12.3. The molecule has 1 fully saturated rings. The van der Waals surface area contributed by atoms with E-state index in [1.165, 1.54) is 0 Å². The molecule has 1 N–H and O–H groups in total. The van der Waals surface area contributed by atoms with Crippen molar-refractivity contribution >= 4 is 29.1 Å².